The van der Waals surface area contributed by atoms with E-state index in [1.165, 1.54) is 6.33 Å². The lowest BCUT2D eigenvalue weighted by molar-refractivity contribution is -0.383. The third kappa shape index (κ3) is 5.12. The Morgan fingerprint density at radius 3 is 2.06 bits per heavy atom. The van der Waals surface area contributed by atoms with Crippen LogP contribution in [-0.4, -0.2) is 84.3 Å². The van der Waals surface area contributed by atoms with Crippen molar-refractivity contribution >= 4 is 29.4 Å². The molecule has 2 aliphatic rings. The SMILES string of the molecule is CCOC(=O)C1CCN(c2ncnc(N3CCN(C(=O)OCC)CC3)c2[N+](=O)[O-])CC1. The van der Waals surface area contributed by atoms with Crippen molar-refractivity contribution < 1.29 is 24.0 Å². The fourth-order valence-corrected chi connectivity index (χ4v) is 3.89. The van der Waals surface area contributed by atoms with Crippen LogP contribution in [0.2, 0.25) is 0 Å². The molecule has 0 aliphatic carbocycles. The number of hydrogen-bond donors (Lipinski definition) is 0. The maximum Gasteiger partial charge on any atom is 0.409 e. The van der Waals surface area contributed by atoms with Crippen LogP contribution < -0.4 is 9.80 Å². The van der Waals surface area contributed by atoms with Crippen LogP contribution in [0.4, 0.5) is 22.1 Å². The molecule has 0 radical (unpaired) electrons. The second kappa shape index (κ2) is 10.2. The predicted octanol–water partition coefficient (Wildman–Crippen LogP) is 1.44. The summed E-state index contributed by atoms with van der Waals surface area (Å²) in [4.78, 5) is 49.0. The topological polar surface area (TPSA) is 131 Å². The van der Waals surface area contributed by atoms with Crippen LogP contribution in [0.25, 0.3) is 0 Å². The third-order valence-corrected chi connectivity index (χ3v) is 5.49. The van der Waals surface area contributed by atoms with Crippen LogP contribution >= 0.6 is 0 Å². The molecular formula is C19H28N6O6. The minimum Gasteiger partial charge on any atom is -0.466 e. The first-order valence-corrected chi connectivity index (χ1v) is 10.5. The number of nitro groups is 1. The Morgan fingerprint density at radius 1 is 1.00 bits per heavy atom. The fourth-order valence-electron chi connectivity index (χ4n) is 3.89. The van der Waals surface area contributed by atoms with Crippen molar-refractivity contribution in [3.05, 3.63) is 16.4 Å². The molecule has 1 aromatic heterocycles. The van der Waals surface area contributed by atoms with E-state index in [2.05, 4.69) is 9.97 Å². The molecular weight excluding hydrogens is 408 g/mol. The molecule has 0 N–H and O–H groups in total. The van der Waals surface area contributed by atoms with Gasteiger partial charge in [0.15, 0.2) is 0 Å². The lowest BCUT2D eigenvalue weighted by Gasteiger charge is -2.35. The van der Waals surface area contributed by atoms with E-state index in [0.29, 0.717) is 65.3 Å². The number of amides is 1. The van der Waals surface area contributed by atoms with Crippen molar-refractivity contribution in [1.82, 2.24) is 14.9 Å². The van der Waals surface area contributed by atoms with Gasteiger partial charge in [0, 0.05) is 39.3 Å². The normalized spacial score (nSPS) is 17.4. The van der Waals surface area contributed by atoms with Crippen molar-refractivity contribution in [3.8, 4) is 0 Å². The zero-order valence-corrected chi connectivity index (χ0v) is 17.9. The van der Waals surface area contributed by atoms with Gasteiger partial charge in [-0.1, -0.05) is 0 Å². The number of anilines is 2. The average molecular weight is 436 g/mol. The van der Waals surface area contributed by atoms with E-state index >= 15 is 0 Å². The summed E-state index contributed by atoms with van der Waals surface area (Å²) in [5.41, 5.74) is -0.151. The van der Waals surface area contributed by atoms with Crippen molar-refractivity contribution in [1.29, 1.82) is 0 Å². The smallest absolute Gasteiger partial charge is 0.409 e. The molecule has 12 nitrogen and oxygen atoms in total. The number of rotatable bonds is 6. The number of esters is 1. The summed E-state index contributed by atoms with van der Waals surface area (Å²) in [5, 5.41) is 12.0. The molecule has 0 saturated carbocycles. The standard InChI is InChI=1S/C19H28N6O6/c1-3-30-18(26)14-5-7-22(8-6-14)16-15(25(28)29)17(21-13-20-16)23-9-11-24(12-10-23)19(27)31-4-2/h13-14H,3-12H2,1-2H3. The van der Waals surface area contributed by atoms with Crippen LogP contribution in [0.1, 0.15) is 26.7 Å². The van der Waals surface area contributed by atoms with Crippen molar-refractivity contribution in [2.24, 2.45) is 5.92 Å². The van der Waals surface area contributed by atoms with Gasteiger partial charge in [0.1, 0.15) is 6.33 Å². The fraction of sp³-hybridized carbons (Fsp3) is 0.684. The van der Waals surface area contributed by atoms with Gasteiger partial charge in [-0.25, -0.2) is 14.8 Å². The van der Waals surface area contributed by atoms with Gasteiger partial charge in [-0.2, -0.15) is 0 Å². The summed E-state index contributed by atoms with van der Waals surface area (Å²) < 4.78 is 10.1. The summed E-state index contributed by atoms with van der Waals surface area (Å²) in [6.45, 7) is 6.67. The van der Waals surface area contributed by atoms with Crippen LogP contribution in [0.15, 0.2) is 6.33 Å². The number of ether oxygens (including phenoxy) is 2. The van der Waals surface area contributed by atoms with E-state index in [4.69, 9.17) is 9.47 Å². The lowest BCUT2D eigenvalue weighted by Crippen LogP contribution is -2.49. The Hall–Kier alpha value is -3.18. The minimum atomic E-state index is -0.459. The highest BCUT2D eigenvalue weighted by molar-refractivity contribution is 5.74. The van der Waals surface area contributed by atoms with Crippen LogP contribution in [-0.2, 0) is 14.3 Å². The Bertz CT molecular complexity index is 749. The van der Waals surface area contributed by atoms with Gasteiger partial charge in [0.05, 0.1) is 24.1 Å². The number of hydrogen-bond acceptors (Lipinski definition) is 10. The Balaban J connectivity index is 1.73. The van der Waals surface area contributed by atoms with Gasteiger partial charge in [0.2, 0.25) is 11.6 Å². The van der Waals surface area contributed by atoms with Crippen LogP contribution in [0.3, 0.4) is 0 Å². The minimum absolute atomic E-state index is 0.151. The zero-order valence-electron chi connectivity index (χ0n) is 17.9. The first-order valence-electron chi connectivity index (χ1n) is 10.5. The second-order valence-electron chi connectivity index (χ2n) is 7.31. The summed E-state index contributed by atoms with van der Waals surface area (Å²) >= 11 is 0. The summed E-state index contributed by atoms with van der Waals surface area (Å²) in [6.07, 6.45) is 2.04. The molecule has 3 heterocycles. The van der Waals surface area contributed by atoms with Gasteiger partial charge in [-0.15, -0.1) is 0 Å². The molecule has 2 fully saturated rings. The number of piperazine rings is 1. The second-order valence-corrected chi connectivity index (χ2v) is 7.31. The zero-order chi connectivity index (χ0) is 22.4. The molecule has 3 rings (SSSR count). The number of carbonyl (C=O) groups is 2. The third-order valence-electron chi connectivity index (χ3n) is 5.49. The monoisotopic (exact) mass is 436 g/mol. The van der Waals surface area contributed by atoms with Crippen LogP contribution in [0.5, 0.6) is 0 Å². The van der Waals surface area contributed by atoms with E-state index < -0.39 is 4.92 Å². The van der Waals surface area contributed by atoms with E-state index in [9.17, 15) is 19.7 Å². The van der Waals surface area contributed by atoms with Gasteiger partial charge in [-0.05, 0) is 26.7 Å². The van der Waals surface area contributed by atoms with E-state index in [1.54, 1.807) is 23.6 Å². The first kappa shape index (κ1) is 22.5. The number of piperidine rings is 1. The van der Waals surface area contributed by atoms with Gasteiger partial charge >= 0.3 is 17.7 Å². The van der Waals surface area contributed by atoms with Gasteiger partial charge in [-0.3, -0.25) is 14.9 Å². The molecule has 12 heteroatoms. The molecule has 0 spiro atoms. The molecule has 0 bridgehead atoms. The Labute approximate surface area is 180 Å². The molecule has 2 aliphatic heterocycles. The molecule has 0 atom stereocenters. The molecule has 0 unspecified atom stereocenters. The van der Waals surface area contributed by atoms with E-state index in [1.807, 2.05) is 4.90 Å². The molecule has 170 valence electrons. The highest BCUT2D eigenvalue weighted by Gasteiger charge is 2.35. The van der Waals surface area contributed by atoms with Crippen molar-refractivity contribution in [2.45, 2.75) is 26.7 Å². The summed E-state index contributed by atoms with van der Waals surface area (Å²) in [6, 6.07) is 0. The van der Waals surface area contributed by atoms with E-state index in [0.717, 1.165) is 0 Å². The maximum absolute atomic E-state index is 12.0. The molecule has 31 heavy (non-hydrogen) atoms. The molecule has 1 amide bonds. The largest absolute Gasteiger partial charge is 0.466 e. The van der Waals surface area contributed by atoms with Gasteiger partial charge < -0.3 is 24.2 Å². The summed E-state index contributed by atoms with van der Waals surface area (Å²) in [7, 11) is 0. The highest BCUT2D eigenvalue weighted by atomic mass is 16.6. The molecule has 1 aromatic rings. The highest BCUT2D eigenvalue weighted by Crippen LogP contribution is 2.36. The number of nitrogens with zero attached hydrogens (tertiary/aromatic N) is 6. The van der Waals surface area contributed by atoms with Gasteiger partial charge in [0.25, 0.3) is 0 Å². The summed E-state index contributed by atoms with van der Waals surface area (Å²) in [5.74, 6) is 0.0724. The van der Waals surface area contributed by atoms with Crippen molar-refractivity contribution in [2.75, 3.05) is 62.3 Å². The quantitative estimate of drug-likeness (QED) is 0.367. The van der Waals surface area contributed by atoms with Crippen molar-refractivity contribution in [3.63, 3.8) is 0 Å². The van der Waals surface area contributed by atoms with Crippen LogP contribution in [0, 0.1) is 16.0 Å². The average Bonchev–Trinajstić information content (AvgIpc) is 2.79. The Morgan fingerprint density at radius 2 is 1.55 bits per heavy atom. The number of carbonyl (C=O) groups excluding carboxylic acids is 2. The Kier molecular flexibility index (Phi) is 7.42. The lowest BCUT2D eigenvalue weighted by atomic mass is 9.97. The predicted molar refractivity (Wildman–Crippen MR) is 111 cm³/mol. The number of aromatic nitrogens is 2. The first-order chi connectivity index (χ1) is 15.0. The maximum atomic E-state index is 12.0. The molecule has 2 saturated heterocycles. The molecule has 0 aromatic carbocycles. The van der Waals surface area contributed by atoms with E-state index in [-0.39, 0.29) is 35.3 Å².